The minimum atomic E-state index is -0.881. The molecule has 132 valence electrons. The number of rotatable bonds is 10. The molecule has 0 saturated heterocycles. The highest BCUT2D eigenvalue weighted by Crippen LogP contribution is 2.12. The highest BCUT2D eigenvalue weighted by Gasteiger charge is 2.28. The maximum Gasteiger partial charge on any atom is 0.320 e. The van der Waals surface area contributed by atoms with Crippen molar-refractivity contribution in [2.45, 2.75) is 26.7 Å². The van der Waals surface area contributed by atoms with Gasteiger partial charge in [0.25, 0.3) is 0 Å². The Hall–Kier alpha value is -2.30. The first-order chi connectivity index (χ1) is 11.6. The van der Waals surface area contributed by atoms with Gasteiger partial charge >= 0.3 is 11.9 Å². The topological polar surface area (TPSA) is 55.8 Å². The lowest BCUT2D eigenvalue weighted by molar-refractivity contribution is -0.161. The van der Waals surface area contributed by atoms with Crippen LogP contribution in [0.15, 0.2) is 42.5 Å². The zero-order valence-electron chi connectivity index (χ0n) is 14.7. The second-order valence-corrected chi connectivity index (χ2v) is 5.31. The molecule has 0 aliphatic heterocycles. The van der Waals surface area contributed by atoms with Gasteiger partial charge in [0.15, 0.2) is 5.92 Å². The molecule has 0 heterocycles. The fraction of sp³-hybridized carbons (Fsp3) is 0.474. The van der Waals surface area contributed by atoms with Gasteiger partial charge in [-0.2, -0.15) is 0 Å². The highest BCUT2D eigenvalue weighted by molar-refractivity contribution is 5.95. The Balaban J connectivity index is 2.46. The van der Waals surface area contributed by atoms with Gasteiger partial charge in [0.1, 0.15) is 0 Å². The van der Waals surface area contributed by atoms with Crippen molar-refractivity contribution < 1.29 is 19.1 Å². The normalized spacial score (nSPS) is 10.8. The predicted molar refractivity (Wildman–Crippen MR) is 94.8 cm³/mol. The summed E-state index contributed by atoms with van der Waals surface area (Å²) in [6.45, 7) is 4.79. The lowest BCUT2D eigenvalue weighted by atomic mass is 10.1. The molecule has 0 amide bonds. The Kier molecular flexibility index (Phi) is 9.27. The van der Waals surface area contributed by atoms with Crippen LogP contribution in [0.2, 0.25) is 0 Å². The molecule has 5 heteroatoms. The standard InChI is InChI=1S/C19H27NO4/c1-4-23-18(21)17(19(22)24-5-2)14-10-7-11-15-20(3)16-12-8-6-9-13-16/h6-10,12-13,17H,4-5,11,14-15H2,1-3H3/b10-7+. The molecule has 0 spiro atoms. The number of nitrogens with zero attached hydrogens (tertiary/aromatic N) is 1. The van der Waals surface area contributed by atoms with E-state index in [1.807, 2.05) is 37.4 Å². The smallest absolute Gasteiger partial charge is 0.320 e. The maximum absolute atomic E-state index is 11.9. The number of ether oxygens (including phenoxy) is 2. The van der Waals surface area contributed by atoms with E-state index in [0.717, 1.165) is 18.7 Å². The molecule has 24 heavy (non-hydrogen) atoms. The zero-order chi connectivity index (χ0) is 17.8. The molecule has 0 saturated carbocycles. The maximum atomic E-state index is 11.9. The Morgan fingerprint density at radius 1 is 1.04 bits per heavy atom. The summed E-state index contributed by atoms with van der Waals surface area (Å²) in [7, 11) is 2.03. The summed E-state index contributed by atoms with van der Waals surface area (Å²) in [5.41, 5.74) is 1.15. The number of hydrogen-bond acceptors (Lipinski definition) is 5. The summed E-state index contributed by atoms with van der Waals surface area (Å²) in [6, 6.07) is 10.1. The number of benzene rings is 1. The van der Waals surface area contributed by atoms with Crippen LogP contribution < -0.4 is 4.90 Å². The molecule has 1 aromatic carbocycles. The fourth-order valence-electron chi connectivity index (χ4n) is 2.20. The molecule has 0 aromatic heterocycles. The highest BCUT2D eigenvalue weighted by atomic mass is 16.6. The number of anilines is 1. The van der Waals surface area contributed by atoms with Crippen molar-refractivity contribution in [3.8, 4) is 0 Å². The Morgan fingerprint density at radius 3 is 2.17 bits per heavy atom. The second-order valence-electron chi connectivity index (χ2n) is 5.31. The van der Waals surface area contributed by atoms with E-state index in [1.165, 1.54) is 0 Å². The van der Waals surface area contributed by atoms with Crippen LogP contribution in [-0.2, 0) is 19.1 Å². The van der Waals surface area contributed by atoms with Crippen LogP contribution in [0.4, 0.5) is 5.69 Å². The molecule has 1 aromatic rings. The molecule has 0 aliphatic carbocycles. The van der Waals surface area contributed by atoms with E-state index in [0.29, 0.717) is 6.42 Å². The van der Waals surface area contributed by atoms with E-state index in [-0.39, 0.29) is 13.2 Å². The summed E-state index contributed by atoms with van der Waals surface area (Å²) in [5, 5.41) is 0. The third-order valence-electron chi connectivity index (χ3n) is 3.51. The average Bonchev–Trinajstić information content (AvgIpc) is 2.58. The van der Waals surface area contributed by atoms with E-state index in [1.54, 1.807) is 13.8 Å². The van der Waals surface area contributed by atoms with Crippen molar-refractivity contribution in [2.75, 3.05) is 31.7 Å². The van der Waals surface area contributed by atoms with Crippen LogP contribution >= 0.6 is 0 Å². The zero-order valence-corrected chi connectivity index (χ0v) is 14.7. The lowest BCUT2D eigenvalue weighted by Gasteiger charge is -2.18. The molecule has 0 bridgehead atoms. The fourth-order valence-corrected chi connectivity index (χ4v) is 2.20. The van der Waals surface area contributed by atoms with Crippen LogP contribution in [0.25, 0.3) is 0 Å². The number of esters is 2. The van der Waals surface area contributed by atoms with Crippen LogP contribution in [0.5, 0.6) is 0 Å². The van der Waals surface area contributed by atoms with Crippen LogP contribution in [0.3, 0.4) is 0 Å². The van der Waals surface area contributed by atoms with Gasteiger partial charge in [-0.15, -0.1) is 0 Å². The summed E-state index contributed by atoms with van der Waals surface area (Å²) in [6.07, 6.45) is 4.94. The molecule has 5 nitrogen and oxygen atoms in total. The first kappa shape index (κ1) is 19.7. The van der Waals surface area contributed by atoms with Gasteiger partial charge in [0.2, 0.25) is 0 Å². The SMILES string of the molecule is CCOC(=O)C(C/C=C/CCN(C)c1ccccc1)C(=O)OCC. The van der Waals surface area contributed by atoms with Gasteiger partial charge in [-0.1, -0.05) is 30.4 Å². The van der Waals surface area contributed by atoms with E-state index in [9.17, 15) is 9.59 Å². The van der Waals surface area contributed by atoms with E-state index < -0.39 is 17.9 Å². The Labute approximate surface area is 144 Å². The number of hydrogen-bond donors (Lipinski definition) is 0. The Bertz CT molecular complexity index is 509. The monoisotopic (exact) mass is 333 g/mol. The van der Waals surface area contributed by atoms with Crippen LogP contribution in [-0.4, -0.2) is 38.7 Å². The van der Waals surface area contributed by atoms with Crippen molar-refractivity contribution in [1.29, 1.82) is 0 Å². The van der Waals surface area contributed by atoms with Crippen molar-refractivity contribution >= 4 is 17.6 Å². The quantitative estimate of drug-likeness (QED) is 0.374. The molecular weight excluding hydrogens is 306 g/mol. The van der Waals surface area contributed by atoms with Gasteiger partial charge in [-0.25, -0.2) is 0 Å². The van der Waals surface area contributed by atoms with Crippen molar-refractivity contribution in [3.63, 3.8) is 0 Å². The molecule has 0 aliphatic rings. The van der Waals surface area contributed by atoms with Gasteiger partial charge < -0.3 is 14.4 Å². The molecule has 1 rings (SSSR count). The second kappa shape index (κ2) is 11.3. The average molecular weight is 333 g/mol. The first-order valence-corrected chi connectivity index (χ1v) is 8.34. The first-order valence-electron chi connectivity index (χ1n) is 8.34. The third-order valence-corrected chi connectivity index (χ3v) is 3.51. The number of para-hydroxylation sites is 1. The van der Waals surface area contributed by atoms with Crippen molar-refractivity contribution in [1.82, 2.24) is 0 Å². The van der Waals surface area contributed by atoms with Gasteiger partial charge in [-0.3, -0.25) is 9.59 Å². The third kappa shape index (κ3) is 6.86. The molecule has 0 atom stereocenters. The number of allylic oxidation sites excluding steroid dienone is 1. The predicted octanol–water partition coefficient (Wildman–Crippen LogP) is 3.20. The van der Waals surface area contributed by atoms with Crippen molar-refractivity contribution in [3.05, 3.63) is 42.5 Å². The van der Waals surface area contributed by atoms with Crippen LogP contribution in [0.1, 0.15) is 26.7 Å². The van der Waals surface area contributed by atoms with E-state index in [4.69, 9.17) is 9.47 Å². The summed E-state index contributed by atoms with van der Waals surface area (Å²) in [5.74, 6) is -1.93. The summed E-state index contributed by atoms with van der Waals surface area (Å²) in [4.78, 5) is 25.9. The van der Waals surface area contributed by atoms with Gasteiger partial charge in [0, 0.05) is 19.3 Å². The minimum Gasteiger partial charge on any atom is -0.465 e. The molecular formula is C19H27NO4. The summed E-state index contributed by atoms with van der Waals surface area (Å²) < 4.78 is 9.89. The molecule has 0 fully saturated rings. The largest absolute Gasteiger partial charge is 0.465 e. The molecule has 0 N–H and O–H groups in total. The molecule has 0 unspecified atom stereocenters. The van der Waals surface area contributed by atoms with E-state index >= 15 is 0 Å². The number of carbonyl (C=O) groups excluding carboxylic acids is 2. The number of carbonyl (C=O) groups is 2. The van der Waals surface area contributed by atoms with Crippen LogP contribution in [0, 0.1) is 5.92 Å². The van der Waals surface area contributed by atoms with Gasteiger partial charge in [0.05, 0.1) is 13.2 Å². The lowest BCUT2D eigenvalue weighted by Crippen LogP contribution is -2.27. The van der Waals surface area contributed by atoms with Crippen molar-refractivity contribution in [2.24, 2.45) is 5.92 Å². The van der Waals surface area contributed by atoms with Gasteiger partial charge in [-0.05, 0) is 38.8 Å². The summed E-state index contributed by atoms with van der Waals surface area (Å²) >= 11 is 0. The minimum absolute atomic E-state index is 0.250. The Morgan fingerprint density at radius 2 is 1.62 bits per heavy atom. The van der Waals surface area contributed by atoms with E-state index in [2.05, 4.69) is 17.0 Å². The molecule has 0 radical (unpaired) electrons.